The molecule has 3 aromatic carbocycles. The molecule has 0 saturated heterocycles. The Hall–Kier alpha value is -3.54. The first-order chi connectivity index (χ1) is 16.1. The molecule has 33 heavy (non-hydrogen) atoms. The minimum atomic E-state index is 0.313. The molecule has 166 valence electrons. The normalized spacial score (nSPS) is 11.4. The second-order valence-electron chi connectivity index (χ2n) is 7.10. The molecule has 0 amide bonds. The van der Waals surface area contributed by atoms with Crippen LogP contribution in [-0.2, 0) is 11.9 Å². The van der Waals surface area contributed by atoms with E-state index in [1.165, 1.54) is 0 Å². The highest BCUT2D eigenvalue weighted by Crippen LogP contribution is 2.32. The van der Waals surface area contributed by atoms with Crippen LogP contribution in [0.1, 0.15) is 11.1 Å². The van der Waals surface area contributed by atoms with E-state index in [1.54, 1.807) is 35.2 Å². The van der Waals surface area contributed by atoms with E-state index >= 15 is 0 Å². The van der Waals surface area contributed by atoms with E-state index in [0.29, 0.717) is 33.8 Å². The van der Waals surface area contributed by atoms with E-state index in [4.69, 9.17) is 32.8 Å². The minimum Gasteiger partial charge on any atom is -0.439 e. The summed E-state index contributed by atoms with van der Waals surface area (Å²) < 4.78 is 7.79. The average Bonchev–Trinajstić information content (AvgIpc) is 3.14. The first-order valence-electron chi connectivity index (χ1n) is 10.2. The SMILES string of the molecule is Cn1nc(-c2ccccc2)c(C=NOCC=Cc2ccc(Cl)cc2)c1Oc1ccc(Cl)cc1. The maximum atomic E-state index is 6.11. The minimum absolute atomic E-state index is 0.313. The van der Waals surface area contributed by atoms with Crippen molar-refractivity contribution in [2.45, 2.75) is 0 Å². The summed E-state index contributed by atoms with van der Waals surface area (Å²) >= 11 is 11.9. The molecule has 0 saturated carbocycles. The Morgan fingerprint density at radius 3 is 2.27 bits per heavy atom. The van der Waals surface area contributed by atoms with Gasteiger partial charge in [0.15, 0.2) is 0 Å². The third-order valence-electron chi connectivity index (χ3n) is 4.71. The predicted molar refractivity (Wildman–Crippen MR) is 134 cm³/mol. The molecule has 4 rings (SSSR count). The fraction of sp³-hybridized carbons (Fsp3) is 0.0769. The summed E-state index contributed by atoms with van der Waals surface area (Å²) in [6, 6.07) is 24.6. The molecule has 0 fully saturated rings. The smallest absolute Gasteiger partial charge is 0.227 e. The molecule has 0 aliphatic heterocycles. The Morgan fingerprint density at radius 1 is 0.909 bits per heavy atom. The van der Waals surface area contributed by atoms with Gasteiger partial charge in [-0.25, -0.2) is 4.68 Å². The lowest BCUT2D eigenvalue weighted by molar-refractivity contribution is 0.177. The zero-order valence-electron chi connectivity index (χ0n) is 17.9. The third kappa shape index (κ3) is 6.04. The maximum Gasteiger partial charge on any atom is 0.227 e. The predicted octanol–water partition coefficient (Wildman–Crippen LogP) is 7.25. The van der Waals surface area contributed by atoms with E-state index < -0.39 is 0 Å². The molecule has 1 heterocycles. The van der Waals surface area contributed by atoms with Crippen LogP contribution in [0, 0.1) is 0 Å². The van der Waals surface area contributed by atoms with Gasteiger partial charge in [-0.15, -0.1) is 0 Å². The van der Waals surface area contributed by atoms with Crippen molar-refractivity contribution >= 4 is 35.5 Å². The highest BCUT2D eigenvalue weighted by molar-refractivity contribution is 6.30. The van der Waals surface area contributed by atoms with Crippen molar-refractivity contribution in [3.8, 4) is 22.9 Å². The summed E-state index contributed by atoms with van der Waals surface area (Å²) in [6.45, 7) is 0.313. The maximum absolute atomic E-state index is 6.11. The van der Waals surface area contributed by atoms with Gasteiger partial charge in [-0.3, -0.25) is 0 Å². The second-order valence-corrected chi connectivity index (χ2v) is 7.97. The lowest BCUT2D eigenvalue weighted by Crippen LogP contribution is -1.97. The average molecular weight is 478 g/mol. The molecule has 0 spiro atoms. The number of hydrogen-bond donors (Lipinski definition) is 0. The van der Waals surface area contributed by atoms with Gasteiger partial charge in [-0.05, 0) is 48.0 Å². The molecule has 4 aromatic rings. The molecule has 0 bridgehead atoms. The topological polar surface area (TPSA) is 48.6 Å². The second kappa shape index (κ2) is 10.9. The van der Waals surface area contributed by atoms with E-state index in [9.17, 15) is 0 Å². The molecule has 0 aliphatic rings. The van der Waals surface area contributed by atoms with Crippen LogP contribution in [0.2, 0.25) is 10.0 Å². The number of hydrogen-bond acceptors (Lipinski definition) is 4. The van der Waals surface area contributed by atoms with Crippen LogP contribution in [0.3, 0.4) is 0 Å². The van der Waals surface area contributed by atoms with E-state index in [1.807, 2.05) is 73.8 Å². The van der Waals surface area contributed by atoms with Gasteiger partial charge in [0.2, 0.25) is 5.88 Å². The molecule has 0 atom stereocenters. The number of aromatic nitrogens is 2. The molecule has 7 heteroatoms. The van der Waals surface area contributed by atoms with Crippen molar-refractivity contribution in [1.29, 1.82) is 0 Å². The summed E-state index contributed by atoms with van der Waals surface area (Å²) in [5.41, 5.74) is 3.43. The van der Waals surface area contributed by atoms with Crippen molar-refractivity contribution in [1.82, 2.24) is 9.78 Å². The van der Waals surface area contributed by atoms with Gasteiger partial charge in [0.05, 0.1) is 11.8 Å². The zero-order chi connectivity index (χ0) is 23.0. The number of oxime groups is 1. The van der Waals surface area contributed by atoms with Crippen LogP contribution < -0.4 is 4.74 Å². The molecular weight excluding hydrogens is 457 g/mol. The number of rotatable bonds is 8. The zero-order valence-corrected chi connectivity index (χ0v) is 19.4. The fourth-order valence-electron chi connectivity index (χ4n) is 3.12. The third-order valence-corrected chi connectivity index (χ3v) is 5.22. The van der Waals surface area contributed by atoms with Gasteiger partial charge in [-0.1, -0.05) is 76.9 Å². The monoisotopic (exact) mass is 477 g/mol. The van der Waals surface area contributed by atoms with Gasteiger partial charge in [0.25, 0.3) is 0 Å². The van der Waals surface area contributed by atoms with Gasteiger partial charge in [0, 0.05) is 22.7 Å². The van der Waals surface area contributed by atoms with Gasteiger partial charge < -0.3 is 9.57 Å². The molecular formula is C26H21Cl2N3O2. The van der Waals surface area contributed by atoms with Crippen LogP contribution in [0.5, 0.6) is 11.6 Å². The molecule has 0 N–H and O–H groups in total. The quantitative estimate of drug-likeness (QED) is 0.152. The number of ether oxygens (including phenoxy) is 1. The Labute approximate surface area is 202 Å². The number of benzene rings is 3. The molecule has 0 aliphatic carbocycles. The Morgan fingerprint density at radius 2 is 1.58 bits per heavy atom. The van der Waals surface area contributed by atoms with E-state index in [-0.39, 0.29) is 0 Å². The van der Waals surface area contributed by atoms with Gasteiger partial charge in [-0.2, -0.15) is 5.10 Å². The molecule has 5 nitrogen and oxygen atoms in total. The fourth-order valence-corrected chi connectivity index (χ4v) is 3.37. The summed E-state index contributed by atoms with van der Waals surface area (Å²) in [4.78, 5) is 5.45. The van der Waals surface area contributed by atoms with Crippen molar-refractivity contribution in [2.75, 3.05) is 6.61 Å². The van der Waals surface area contributed by atoms with E-state index in [0.717, 1.165) is 16.8 Å². The Balaban J connectivity index is 1.53. The number of nitrogens with zero attached hydrogens (tertiary/aromatic N) is 3. The number of aryl methyl sites for hydroxylation is 1. The first kappa shape index (κ1) is 22.6. The number of halogens is 2. The molecule has 1 aromatic heterocycles. The van der Waals surface area contributed by atoms with Crippen LogP contribution >= 0.6 is 23.2 Å². The highest BCUT2D eigenvalue weighted by atomic mass is 35.5. The van der Waals surface area contributed by atoms with Crippen molar-refractivity contribution in [3.05, 3.63) is 106 Å². The first-order valence-corrected chi connectivity index (χ1v) is 11.0. The molecule has 0 unspecified atom stereocenters. The van der Waals surface area contributed by atoms with Gasteiger partial charge >= 0.3 is 0 Å². The highest BCUT2D eigenvalue weighted by Gasteiger charge is 2.18. The van der Waals surface area contributed by atoms with Crippen LogP contribution in [0.4, 0.5) is 0 Å². The van der Waals surface area contributed by atoms with Crippen molar-refractivity contribution in [2.24, 2.45) is 12.2 Å². The summed E-state index contributed by atoms with van der Waals surface area (Å²) in [5.74, 6) is 1.18. The van der Waals surface area contributed by atoms with Crippen LogP contribution in [-0.4, -0.2) is 22.6 Å². The summed E-state index contributed by atoms with van der Waals surface area (Å²) in [5, 5.41) is 10.1. The van der Waals surface area contributed by atoms with Crippen molar-refractivity contribution in [3.63, 3.8) is 0 Å². The largest absolute Gasteiger partial charge is 0.439 e. The Kier molecular flexibility index (Phi) is 7.45. The summed E-state index contributed by atoms with van der Waals surface area (Å²) in [6.07, 6.45) is 5.45. The van der Waals surface area contributed by atoms with Crippen LogP contribution in [0.15, 0.2) is 90.1 Å². The van der Waals surface area contributed by atoms with Crippen molar-refractivity contribution < 1.29 is 9.57 Å². The molecule has 0 radical (unpaired) electrons. The standard InChI is InChI=1S/C26H21Cl2N3O2/c1-31-26(33-23-15-13-22(28)14-16-23)24(25(30-31)20-7-3-2-4-8-20)18-29-32-17-5-6-19-9-11-21(27)12-10-19/h2-16,18H,17H2,1H3. The Bertz CT molecular complexity index is 1250. The van der Waals surface area contributed by atoms with Gasteiger partial charge in [0.1, 0.15) is 18.1 Å². The summed E-state index contributed by atoms with van der Waals surface area (Å²) in [7, 11) is 1.82. The van der Waals surface area contributed by atoms with Crippen LogP contribution in [0.25, 0.3) is 17.3 Å². The lowest BCUT2D eigenvalue weighted by Gasteiger charge is -2.07. The van der Waals surface area contributed by atoms with E-state index in [2.05, 4.69) is 10.3 Å². The lowest BCUT2D eigenvalue weighted by atomic mass is 10.1.